The normalized spacial score (nSPS) is 22.2. The Morgan fingerprint density at radius 2 is 1.94 bits per heavy atom. The molecule has 32 heavy (non-hydrogen) atoms. The molecule has 2 atom stereocenters. The van der Waals surface area contributed by atoms with E-state index in [1.54, 1.807) is 28.8 Å². The number of imidazole rings is 1. The molecule has 1 saturated carbocycles. The first-order valence-electron chi connectivity index (χ1n) is 10.9. The van der Waals surface area contributed by atoms with Crippen LogP contribution >= 0.6 is 0 Å². The average molecular weight is 450 g/mol. The van der Waals surface area contributed by atoms with Gasteiger partial charge in [0.2, 0.25) is 0 Å². The second kappa shape index (κ2) is 8.65. The lowest BCUT2D eigenvalue weighted by Gasteiger charge is -2.28. The predicted octanol–water partition coefficient (Wildman–Crippen LogP) is 4.52. The van der Waals surface area contributed by atoms with Crippen LogP contribution in [-0.2, 0) is 5.41 Å². The Morgan fingerprint density at radius 1 is 1.16 bits per heavy atom. The van der Waals surface area contributed by atoms with Gasteiger partial charge in [-0.05, 0) is 37.9 Å². The van der Waals surface area contributed by atoms with Crippen LogP contribution in [0.3, 0.4) is 0 Å². The van der Waals surface area contributed by atoms with Crippen molar-refractivity contribution in [2.45, 2.75) is 56.9 Å². The molecule has 3 aromatic heterocycles. The van der Waals surface area contributed by atoms with Gasteiger partial charge in [-0.25, -0.2) is 14.4 Å². The molecule has 2 fully saturated rings. The molecule has 10 heteroatoms. The number of pyridine rings is 1. The monoisotopic (exact) mass is 450 g/mol. The number of hydrogen-bond donors (Lipinski definition) is 2. The summed E-state index contributed by atoms with van der Waals surface area (Å²) in [6.07, 6.45) is -0.489. The van der Waals surface area contributed by atoms with E-state index in [1.165, 1.54) is 12.4 Å². The lowest BCUT2D eigenvalue weighted by atomic mass is 10.0. The lowest BCUT2D eigenvalue weighted by molar-refractivity contribution is -0.161. The summed E-state index contributed by atoms with van der Waals surface area (Å²) >= 11 is 0. The van der Waals surface area contributed by atoms with Crippen LogP contribution in [0, 0.1) is 0 Å². The Morgan fingerprint density at radius 3 is 2.62 bits per heavy atom. The lowest BCUT2D eigenvalue weighted by Crippen LogP contribution is -2.46. The van der Waals surface area contributed by atoms with Gasteiger partial charge < -0.3 is 10.6 Å². The molecule has 2 aliphatic rings. The van der Waals surface area contributed by atoms with E-state index in [2.05, 4.69) is 25.6 Å². The highest BCUT2D eigenvalue weighted by Gasteiger charge is 2.65. The van der Waals surface area contributed by atoms with E-state index in [0.717, 1.165) is 0 Å². The minimum atomic E-state index is -4.34. The third-order valence-electron chi connectivity index (χ3n) is 5.92. The Bertz CT molecular complexity index is 1080. The highest BCUT2D eigenvalue weighted by molar-refractivity contribution is 5.62. The maximum Gasteiger partial charge on any atom is 0.399 e. The zero-order chi connectivity index (χ0) is 22.9. The SMILES string of the molecule is CC.FC1CCNCC1Nc1cccc(-c2cnc3cnc(C4(C(F)(F)F)CC4)cn23)n1. The van der Waals surface area contributed by atoms with E-state index in [0.29, 0.717) is 42.4 Å². The number of rotatable bonds is 4. The number of hydrogen-bond acceptors (Lipinski definition) is 5. The molecule has 2 unspecified atom stereocenters. The number of piperidine rings is 1. The minimum Gasteiger partial charge on any atom is -0.363 e. The molecule has 3 aromatic rings. The van der Waals surface area contributed by atoms with Crippen molar-refractivity contribution in [3.05, 3.63) is 42.5 Å². The first-order chi connectivity index (χ1) is 15.4. The topological polar surface area (TPSA) is 67.1 Å². The molecule has 6 nitrogen and oxygen atoms in total. The summed E-state index contributed by atoms with van der Waals surface area (Å²) in [6.45, 7) is 5.14. The Balaban J connectivity index is 0.00000119. The first kappa shape index (κ1) is 22.4. The molecule has 4 heterocycles. The van der Waals surface area contributed by atoms with Crippen LogP contribution in [0.5, 0.6) is 0 Å². The predicted molar refractivity (Wildman–Crippen MR) is 114 cm³/mol. The second-order valence-electron chi connectivity index (χ2n) is 7.89. The van der Waals surface area contributed by atoms with E-state index in [-0.39, 0.29) is 24.6 Å². The summed E-state index contributed by atoms with van der Waals surface area (Å²) in [5, 5.41) is 6.25. The summed E-state index contributed by atoms with van der Waals surface area (Å²) in [4.78, 5) is 12.8. The summed E-state index contributed by atoms with van der Waals surface area (Å²) in [5.41, 5.74) is -0.366. The summed E-state index contributed by atoms with van der Waals surface area (Å²) in [7, 11) is 0. The van der Waals surface area contributed by atoms with Gasteiger partial charge in [-0.15, -0.1) is 0 Å². The molecule has 5 rings (SSSR count). The quantitative estimate of drug-likeness (QED) is 0.572. The number of alkyl halides is 4. The van der Waals surface area contributed by atoms with E-state index in [1.807, 2.05) is 13.8 Å². The van der Waals surface area contributed by atoms with Gasteiger partial charge in [0, 0.05) is 12.7 Å². The van der Waals surface area contributed by atoms with E-state index >= 15 is 0 Å². The van der Waals surface area contributed by atoms with Crippen molar-refractivity contribution in [2.75, 3.05) is 18.4 Å². The summed E-state index contributed by atoms with van der Waals surface area (Å²) in [6, 6.07) is 4.87. The Labute approximate surface area is 183 Å². The average Bonchev–Trinajstić information content (AvgIpc) is 3.51. The van der Waals surface area contributed by atoms with Gasteiger partial charge in [0.05, 0.1) is 35.5 Å². The van der Waals surface area contributed by atoms with E-state index in [4.69, 9.17) is 0 Å². The van der Waals surface area contributed by atoms with Gasteiger partial charge in [0.25, 0.3) is 0 Å². The number of anilines is 1. The van der Waals surface area contributed by atoms with Crippen molar-refractivity contribution in [3.8, 4) is 11.4 Å². The maximum atomic E-state index is 14.1. The van der Waals surface area contributed by atoms with Gasteiger partial charge >= 0.3 is 6.18 Å². The van der Waals surface area contributed by atoms with Gasteiger partial charge in [-0.3, -0.25) is 9.38 Å². The van der Waals surface area contributed by atoms with Crippen molar-refractivity contribution in [1.29, 1.82) is 0 Å². The number of fused-ring (bicyclic) bond motifs is 1. The number of aromatic nitrogens is 4. The molecule has 1 aliphatic carbocycles. The zero-order valence-corrected chi connectivity index (χ0v) is 18.0. The molecule has 0 bridgehead atoms. The molecular formula is C22H26F4N6. The number of halogens is 4. The Hall–Kier alpha value is -2.75. The van der Waals surface area contributed by atoms with Crippen LogP contribution in [0.25, 0.3) is 17.0 Å². The van der Waals surface area contributed by atoms with Crippen molar-refractivity contribution in [2.24, 2.45) is 0 Å². The molecule has 0 radical (unpaired) electrons. The van der Waals surface area contributed by atoms with Gasteiger partial charge in [0.1, 0.15) is 17.4 Å². The fraction of sp³-hybridized carbons (Fsp3) is 0.500. The molecule has 0 amide bonds. The summed E-state index contributed by atoms with van der Waals surface area (Å²) < 4.78 is 56.3. The fourth-order valence-electron chi connectivity index (χ4n) is 3.95. The van der Waals surface area contributed by atoms with E-state index < -0.39 is 17.8 Å². The third-order valence-corrected chi connectivity index (χ3v) is 5.92. The molecular weight excluding hydrogens is 424 g/mol. The van der Waals surface area contributed by atoms with Crippen molar-refractivity contribution < 1.29 is 17.6 Å². The molecule has 1 aliphatic heterocycles. The standard InChI is InChI=1S/C20H20F4N6.C2H6/c21-12-4-7-25-8-14(12)29-17-3-1-2-13(28-17)15-9-27-18-10-26-16(11-30(15)18)19(5-6-19)20(22,23)24;1-2/h1-3,9-12,14,25H,4-8H2,(H,28,29);1-2H3. The Kier molecular flexibility index (Phi) is 6.07. The molecule has 0 spiro atoms. The highest BCUT2D eigenvalue weighted by Crippen LogP contribution is 2.58. The second-order valence-corrected chi connectivity index (χ2v) is 7.89. The van der Waals surface area contributed by atoms with E-state index in [9.17, 15) is 17.6 Å². The highest BCUT2D eigenvalue weighted by atomic mass is 19.4. The molecule has 0 aromatic carbocycles. The number of nitrogens with one attached hydrogen (secondary N) is 2. The summed E-state index contributed by atoms with van der Waals surface area (Å²) in [5.74, 6) is 0.502. The van der Waals surface area contributed by atoms with Crippen LogP contribution in [0.1, 0.15) is 38.8 Å². The van der Waals surface area contributed by atoms with Gasteiger partial charge in [0.15, 0.2) is 5.65 Å². The number of nitrogens with zero attached hydrogens (tertiary/aromatic N) is 4. The minimum absolute atomic E-state index is 0.00965. The van der Waals surface area contributed by atoms with Crippen LogP contribution in [-0.4, -0.2) is 50.8 Å². The van der Waals surface area contributed by atoms with Crippen LogP contribution in [0.15, 0.2) is 36.8 Å². The molecule has 172 valence electrons. The van der Waals surface area contributed by atoms with Crippen molar-refractivity contribution in [3.63, 3.8) is 0 Å². The van der Waals surface area contributed by atoms with Crippen molar-refractivity contribution in [1.82, 2.24) is 24.7 Å². The first-order valence-corrected chi connectivity index (χ1v) is 10.9. The largest absolute Gasteiger partial charge is 0.399 e. The van der Waals surface area contributed by atoms with Crippen molar-refractivity contribution >= 4 is 11.5 Å². The zero-order valence-electron chi connectivity index (χ0n) is 18.0. The van der Waals surface area contributed by atoms with Gasteiger partial charge in [-0.2, -0.15) is 13.2 Å². The third kappa shape index (κ3) is 4.03. The molecule has 2 N–H and O–H groups in total. The van der Waals surface area contributed by atoms with Gasteiger partial charge in [-0.1, -0.05) is 19.9 Å². The van der Waals surface area contributed by atoms with Crippen LogP contribution in [0.2, 0.25) is 0 Å². The maximum absolute atomic E-state index is 14.1. The molecule has 1 saturated heterocycles. The smallest absolute Gasteiger partial charge is 0.363 e. The fourth-order valence-corrected chi connectivity index (χ4v) is 3.95. The van der Waals surface area contributed by atoms with Crippen LogP contribution in [0.4, 0.5) is 23.4 Å². The van der Waals surface area contributed by atoms with Crippen LogP contribution < -0.4 is 10.6 Å².